The lowest BCUT2D eigenvalue weighted by Crippen LogP contribution is -2.18. The van der Waals surface area contributed by atoms with E-state index in [4.69, 9.17) is 4.74 Å². The Hall–Kier alpha value is -0.570. The predicted octanol–water partition coefficient (Wildman–Crippen LogP) is 8.76. The number of aliphatic hydroxyl groups excluding tert-OH is 1. The normalized spacial score (nSPS) is 12.4. The second kappa shape index (κ2) is 24.1. The topological polar surface area (TPSA) is 46.5 Å². The van der Waals surface area contributed by atoms with Crippen molar-refractivity contribution in [3.05, 3.63) is 0 Å². The Balaban J connectivity index is 3.35. The number of unbranched alkanes of at least 4 members (excludes halogenated alkanes) is 14. The van der Waals surface area contributed by atoms with E-state index < -0.39 is 6.10 Å². The molecule has 0 aliphatic carbocycles. The van der Waals surface area contributed by atoms with Crippen LogP contribution in [0.4, 0.5) is 0 Å². The van der Waals surface area contributed by atoms with Gasteiger partial charge in [-0.3, -0.25) is 4.79 Å². The molecule has 0 rings (SSSR count). The fourth-order valence-electron chi connectivity index (χ4n) is 4.32. The van der Waals surface area contributed by atoms with Gasteiger partial charge in [0.1, 0.15) is 6.61 Å². The molecule has 0 amide bonds. The van der Waals surface area contributed by atoms with Crippen molar-refractivity contribution in [3.8, 4) is 0 Å². The summed E-state index contributed by atoms with van der Waals surface area (Å²) in [6.07, 6.45) is 25.1. The van der Waals surface area contributed by atoms with Gasteiger partial charge in [0.05, 0.1) is 6.10 Å². The van der Waals surface area contributed by atoms with E-state index in [-0.39, 0.29) is 12.6 Å². The second-order valence-electron chi connectivity index (χ2n) is 9.65. The molecule has 0 fully saturated rings. The highest BCUT2D eigenvalue weighted by molar-refractivity contribution is 5.69. The molecule has 0 spiro atoms. The van der Waals surface area contributed by atoms with Crippen molar-refractivity contribution in [2.45, 2.75) is 162 Å². The lowest BCUT2D eigenvalue weighted by Gasteiger charge is -2.13. The van der Waals surface area contributed by atoms with Crippen molar-refractivity contribution in [3.63, 3.8) is 0 Å². The highest BCUT2D eigenvalue weighted by Crippen LogP contribution is 2.17. The van der Waals surface area contributed by atoms with E-state index in [0.29, 0.717) is 6.42 Å². The molecule has 0 heterocycles. The van der Waals surface area contributed by atoms with Gasteiger partial charge in [-0.2, -0.15) is 0 Å². The van der Waals surface area contributed by atoms with Gasteiger partial charge >= 0.3 is 5.97 Å². The molecule has 1 N–H and O–H groups in total. The van der Waals surface area contributed by atoms with E-state index in [9.17, 15) is 9.90 Å². The van der Waals surface area contributed by atoms with Crippen LogP contribution in [0.15, 0.2) is 0 Å². The summed E-state index contributed by atoms with van der Waals surface area (Å²) in [6, 6.07) is 0. The number of esters is 1. The van der Waals surface area contributed by atoms with Gasteiger partial charge in [0.15, 0.2) is 0 Å². The molecule has 3 nitrogen and oxygen atoms in total. The van der Waals surface area contributed by atoms with E-state index in [1.165, 1.54) is 103 Å². The average molecular weight is 441 g/mol. The number of carbonyl (C=O) groups excluding carboxylic acids is 1. The molecule has 31 heavy (non-hydrogen) atoms. The van der Waals surface area contributed by atoms with E-state index in [1.807, 2.05) is 0 Å². The smallest absolute Gasteiger partial charge is 0.305 e. The molecule has 1 atom stereocenters. The lowest BCUT2D eigenvalue weighted by molar-refractivity contribution is -0.146. The number of hydrogen-bond donors (Lipinski definition) is 1. The van der Waals surface area contributed by atoms with Crippen LogP contribution >= 0.6 is 0 Å². The number of carbonyl (C=O) groups is 1. The molecule has 0 aromatic heterocycles. The molecule has 0 saturated carbocycles. The maximum atomic E-state index is 11.8. The first-order valence-electron chi connectivity index (χ1n) is 14.0. The zero-order valence-electron chi connectivity index (χ0n) is 21.5. The molecule has 186 valence electrons. The largest absolute Gasteiger partial charge is 0.463 e. The number of aliphatic hydroxyl groups is 1. The molecule has 3 heteroatoms. The summed E-state index contributed by atoms with van der Waals surface area (Å²) in [5, 5.41) is 10.0. The molecule has 0 saturated heterocycles. The average Bonchev–Trinajstić information content (AvgIpc) is 2.78. The Morgan fingerprint density at radius 2 is 1.10 bits per heavy atom. The first-order chi connectivity index (χ1) is 15.1. The summed E-state index contributed by atoms with van der Waals surface area (Å²) in [5.41, 5.74) is 0. The summed E-state index contributed by atoms with van der Waals surface area (Å²) in [6.45, 7) is 6.98. The van der Waals surface area contributed by atoms with Gasteiger partial charge in [0, 0.05) is 6.42 Å². The van der Waals surface area contributed by atoms with Gasteiger partial charge in [0.2, 0.25) is 0 Å². The Bertz CT molecular complexity index is 365. The maximum Gasteiger partial charge on any atom is 0.305 e. The lowest BCUT2D eigenvalue weighted by atomic mass is 9.96. The van der Waals surface area contributed by atoms with Crippen LogP contribution in [0.3, 0.4) is 0 Å². The molecule has 0 radical (unpaired) electrons. The molecule has 1 unspecified atom stereocenters. The second-order valence-corrected chi connectivity index (χ2v) is 9.65. The van der Waals surface area contributed by atoms with E-state index >= 15 is 0 Å². The van der Waals surface area contributed by atoms with Gasteiger partial charge in [-0.15, -0.1) is 0 Å². The van der Waals surface area contributed by atoms with Crippen LogP contribution in [0.1, 0.15) is 156 Å². The monoisotopic (exact) mass is 440 g/mol. The quantitative estimate of drug-likeness (QED) is 0.120. The summed E-state index contributed by atoms with van der Waals surface area (Å²) in [5.74, 6) is 0.715. The van der Waals surface area contributed by atoms with Crippen LogP contribution in [0.25, 0.3) is 0 Å². The highest BCUT2D eigenvalue weighted by Gasteiger charge is 2.09. The SMILES string of the molecule is CCCCCCCCCCCCCCCC(=O)OCC(O)CCCCCC(CC)CC. The van der Waals surface area contributed by atoms with Crippen molar-refractivity contribution in [2.75, 3.05) is 6.61 Å². The van der Waals surface area contributed by atoms with Crippen LogP contribution in [-0.2, 0) is 9.53 Å². The zero-order chi connectivity index (χ0) is 23.0. The molecular formula is C28H56O3. The van der Waals surface area contributed by atoms with Gasteiger partial charge in [0.25, 0.3) is 0 Å². The minimum absolute atomic E-state index is 0.143. The van der Waals surface area contributed by atoms with Crippen LogP contribution in [0, 0.1) is 5.92 Å². The molecular weight excluding hydrogens is 384 g/mol. The minimum atomic E-state index is -0.497. The van der Waals surface area contributed by atoms with Gasteiger partial charge < -0.3 is 9.84 Å². The molecule has 0 aliphatic heterocycles. The van der Waals surface area contributed by atoms with Gasteiger partial charge in [-0.25, -0.2) is 0 Å². The number of ether oxygens (including phenoxy) is 1. The van der Waals surface area contributed by atoms with Crippen LogP contribution in [0.2, 0.25) is 0 Å². The minimum Gasteiger partial charge on any atom is -0.463 e. The van der Waals surface area contributed by atoms with E-state index in [0.717, 1.165) is 31.6 Å². The summed E-state index contributed by atoms with van der Waals surface area (Å²) in [7, 11) is 0. The van der Waals surface area contributed by atoms with Crippen molar-refractivity contribution in [2.24, 2.45) is 5.92 Å². The van der Waals surface area contributed by atoms with Crippen molar-refractivity contribution in [1.82, 2.24) is 0 Å². The highest BCUT2D eigenvalue weighted by atomic mass is 16.5. The van der Waals surface area contributed by atoms with Crippen molar-refractivity contribution in [1.29, 1.82) is 0 Å². The summed E-state index contributed by atoms with van der Waals surface area (Å²) >= 11 is 0. The van der Waals surface area contributed by atoms with E-state index in [2.05, 4.69) is 20.8 Å². The first kappa shape index (κ1) is 30.4. The van der Waals surface area contributed by atoms with Gasteiger partial charge in [-0.05, 0) is 18.8 Å². The zero-order valence-corrected chi connectivity index (χ0v) is 21.5. The van der Waals surface area contributed by atoms with Crippen LogP contribution in [-0.4, -0.2) is 23.8 Å². The first-order valence-corrected chi connectivity index (χ1v) is 14.0. The summed E-state index contributed by atoms with van der Waals surface area (Å²) < 4.78 is 5.25. The third-order valence-electron chi connectivity index (χ3n) is 6.73. The Morgan fingerprint density at radius 1 is 0.645 bits per heavy atom. The summed E-state index contributed by atoms with van der Waals surface area (Å²) in [4.78, 5) is 11.8. The molecule has 0 aromatic carbocycles. The van der Waals surface area contributed by atoms with Crippen LogP contribution in [0.5, 0.6) is 0 Å². The van der Waals surface area contributed by atoms with Crippen molar-refractivity contribution < 1.29 is 14.6 Å². The molecule has 0 bridgehead atoms. The maximum absolute atomic E-state index is 11.8. The number of hydrogen-bond acceptors (Lipinski definition) is 3. The van der Waals surface area contributed by atoms with Gasteiger partial charge in [-0.1, -0.05) is 136 Å². The van der Waals surface area contributed by atoms with E-state index in [1.54, 1.807) is 0 Å². The molecule has 0 aromatic rings. The van der Waals surface area contributed by atoms with Crippen molar-refractivity contribution >= 4 is 5.97 Å². The fourth-order valence-corrected chi connectivity index (χ4v) is 4.32. The Labute approximate surface area is 195 Å². The third-order valence-corrected chi connectivity index (χ3v) is 6.73. The fraction of sp³-hybridized carbons (Fsp3) is 0.964. The Morgan fingerprint density at radius 3 is 1.61 bits per heavy atom. The van der Waals surface area contributed by atoms with Crippen LogP contribution < -0.4 is 0 Å². The number of rotatable bonds is 24. The predicted molar refractivity (Wildman–Crippen MR) is 134 cm³/mol. The standard InChI is InChI=1S/C28H56O3/c1-4-7-8-9-10-11-12-13-14-15-16-17-21-24-28(30)31-25-27(29)23-20-18-19-22-26(5-2)6-3/h26-27,29H,4-25H2,1-3H3. The Kier molecular flexibility index (Phi) is 23.6. The third kappa shape index (κ3) is 22.4. The molecule has 0 aliphatic rings.